The van der Waals surface area contributed by atoms with Crippen LogP contribution in [0.25, 0.3) is 0 Å². The lowest BCUT2D eigenvalue weighted by molar-refractivity contribution is 0.102. The van der Waals surface area contributed by atoms with Gasteiger partial charge in [-0.05, 0) is 13.0 Å². The van der Waals surface area contributed by atoms with Crippen molar-refractivity contribution in [3.05, 3.63) is 41.5 Å². The van der Waals surface area contributed by atoms with Crippen molar-refractivity contribution >= 4 is 11.6 Å². The van der Waals surface area contributed by atoms with E-state index in [2.05, 4.69) is 12.2 Å². The zero-order valence-electron chi connectivity index (χ0n) is 15.6. The van der Waals surface area contributed by atoms with Crippen LogP contribution >= 0.6 is 0 Å². The Bertz CT molecular complexity index is 808. The number of anilines is 1. The third-order valence-corrected chi connectivity index (χ3v) is 4.71. The van der Waals surface area contributed by atoms with E-state index in [0.29, 0.717) is 34.2 Å². The number of amides is 1. The SMILES string of the molecule is COc1cc(NC(=O)c2cccc3c2O[C@H](C)[C@@H]3C)cc(OC)c1OC. The van der Waals surface area contributed by atoms with Gasteiger partial charge in [-0.3, -0.25) is 4.79 Å². The molecule has 0 aromatic heterocycles. The molecule has 26 heavy (non-hydrogen) atoms. The summed E-state index contributed by atoms with van der Waals surface area (Å²) < 4.78 is 21.9. The molecule has 2 atom stereocenters. The Morgan fingerprint density at radius 2 is 1.69 bits per heavy atom. The van der Waals surface area contributed by atoms with E-state index in [9.17, 15) is 4.79 Å². The van der Waals surface area contributed by atoms with E-state index in [0.717, 1.165) is 5.56 Å². The van der Waals surface area contributed by atoms with Gasteiger partial charge in [0.2, 0.25) is 5.75 Å². The monoisotopic (exact) mass is 357 g/mol. The summed E-state index contributed by atoms with van der Waals surface area (Å²) in [5.74, 6) is 2.06. The topological polar surface area (TPSA) is 66.0 Å². The van der Waals surface area contributed by atoms with Gasteiger partial charge >= 0.3 is 0 Å². The molecular formula is C20H23NO5. The van der Waals surface area contributed by atoms with E-state index in [1.165, 1.54) is 21.3 Å². The summed E-state index contributed by atoms with van der Waals surface area (Å²) in [6.45, 7) is 4.10. The van der Waals surface area contributed by atoms with Crippen LogP contribution in [0.5, 0.6) is 23.0 Å². The first kappa shape index (κ1) is 17.9. The third-order valence-electron chi connectivity index (χ3n) is 4.71. The first-order valence-corrected chi connectivity index (χ1v) is 8.41. The van der Waals surface area contributed by atoms with Gasteiger partial charge in [0, 0.05) is 29.3 Å². The van der Waals surface area contributed by atoms with E-state index in [1.54, 1.807) is 18.2 Å². The van der Waals surface area contributed by atoms with E-state index >= 15 is 0 Å². The molecule has 0 bridgehead atoms. The summed E-state index contributed by atoms with van der Waals surface area (Å²) in [4.78, 5) is 12.8. The molecule has 1 amide bonds. The second-order valence-corrected chi connectivity index (χ2v) is 6.20. The fourth-order valence-electron chi connectivity index (χ4n) is 3.12. The molecule has 2 aromatic carbocycles. The molecule has 0 unspecified atom stereocenters. The highest BCUT2D eigenvalue weighted by Gasteiger charge is 2.31. The fraction of sp³-hybridized carbons (Fsp3) is 0.350. The van der Waals surface area contributed by atoms with Gasteiger partial charge in [0.1, 0.15) is 11.9 Å². The van der Waals surface area contributed by atoms with Gasteiger partial charge in [-0.25, -0.2) is 0 Å². The summed E-state index contributed by atoms with van der Waals surface area (Å²) in [6.07, 6.45) is 0.0418. The Kier molecular flexibility index (Phi) is 4.93. The highest BCUT2D eigenvalue weighted by molar-refractivity contribution is 6.07. The summed E-state index contributed by atoms with van der Waals surface area (Å²) in [5.41, 5.74) is 2.10. The molecule has 138 valence electrons. The molecule has 1 aliphatic rings. The molecule has 0 fully saturated rings. The molecule has 0 spiro atoms. The van der Waals surface area contributed by atoms with Crippen molar-refractivity contribution in [1.82, 2.24) is 0 Å². The van der Waals surface area contributed by atoms with Crippen molar-refractivity contribution in [2.75, 3.05) is 26.6 Å². The molecule has 6 nitrogen and oxygen atoms in total. The Hall–Kier alpha value is -2.89. The third kappa shape index (κ3) is 3.03. The average Bonchev–Trinajstić information content (AvgIpc) is 2.95. The number of methoxy groups -OCH3 is 3. The zero-order chi connectivity index (χ0) is 18.8. The predicted octanol–water partition coefficient (Wildman–Crippen LogP) is 3.85. The predicted molar refractivity (Wildman–Crippen MR) is 99.0 cm³/mol. The van der Waals surface area contributed by atoms with Crippen molar-refractivity contribution in [3.63, 3.8) is 0 Å². The number of ether oxygens (including phenoxy) is 4. The second-order valence-electron chi connectivity index (χ2n) is 6.20. The van der Waals surface area contributed by atoms with Crippen LogP contribution in [0.3, 0.4) is 0 Å². The molecule has 3 rings (SSSR count). The first-order chi connectivity index (χ1) is 12.5. The summed E-state index contributed by atoms with van der Waals surface area (Å²) in [5, 5.41) is 2.88. The van der Waals surface area contributed by atoms with Crippen LogP contribution in [-0.2, 0) is 0 Å². The van der Waals surface area contributed by atoms with E-state index < -0.39 is 0 Å². The number of nitrogens with one attached hydrogen (secondary N) is 1. The van der Waals surface area contributed by atoms with Gasteiger partial charge in [0.25, 0.3) is 5.91 Å². The number of hydrogen-bond donors (Lipinski definition) is 1. The van der Waals surface area contributed by atoms with Crippen LogP contribution in [-0.4, -0.2) is 33.3 Å². The number of para-hydroxylation sites is 1. The van der Waals surface area contributed by atoms with Crippen LogP contribution < -0.4 is 24.3 Å². The van der Waals surface area contributed by atoms with Gasteiger partial charge in [-0.2, -0.15) is 0 Å². The quantitative estimate of drug-likeness (QED) is 0.880. The standard InChI is InChI=1S/C20H23NO5/c1-11-12(2)26-18-14(11)7-6-8-15(18)20(22)21-13-9-16(23-3)19(25-5)17(10-13)24-4/h6-12H,1-5H3,(H,21,22)/t11-,12+/m0/s1. The van der Waals surface area contributed by atoms with E-state index in [-0.39, 0.29) is 17.9 Å². The van der Waals surface area contributed by atoms with Crippen LogP contribution in [0.4, 0.5) is 5.69 Å². The summed E-state index contributed by atoms with van der Waals surface area (Å²) >= 11 is 0. The second kappa shape index (κ2) is 7.15. The van der Waals surface area contributed by atoms with Gasteiger partial charge in [0.15, 0.2) is 11.5 Å². The van der Waals surface area contributed by atoms with Crippen LogP contribution in [0.15, 0.2) is 30.3 Å². The fourth-order valence-corrected chi connectivity index (χ4v) is 3.12. The number of rotatable bonds is 5. The van der Waals surface area contributed by atoms with Crippen molar-refractivity contribution in [3.8, 4) is 23.0 Å². The van der Waals surface area contributed by atoms with Crippen molar-refractivity contribution in [2.24, 2.45) is 0 Å². The van der Waals surface area contributed by atoms with Crippen molar-refractivity contribution in [1.29, 1.82) is 0 Å². The molecule has 1 aliphatic heterocycles. The first-order valence-electron chi connectivity index (χ1n) is 8.41. The number of benzene rings is 2. The lowest BCUT2D eigenvalue weighted by Gasteiger charge is -2.15. The molecule has 1 heterocycles. The smallest absolute Gasteiger partial charge is 0.259 e. The van der Waals surface area contributed by atoms with Gasteiger partial charge in [0.05, 0.1) is 26.9 Å². The Morgan fingerprint density at radius 3 is 2.27 bits per heavy atom. The molecular weight excluding hydrogens is 334 g/mol. The highest BCUT2D eigenvalue weighted by atomic mass is 16.5. The summed E-state index contributed by atoms with van der Waals surface area (Å²) in [7, 11) is 4.60. The molecule has 0 saturated heterocycles. The number of fused-ring (bicyclic) bond motifs is 1. The normalized spacial score (nSPS) is 17.9. The molecule has 6 heteroatoms. The molecule has 2 aromatic rings. The lowest BCUT2D eigenvalue weighted by Crippen LogP contribution is -2.14. The Labute approximate surface area is 153 Å². The Balaban J connectivity index is 1.93. The van der Waals surface area contributed by atoms with Crippen molar-refractivity contribution < 1.29 is 23.7 Å². The lowest BCUT2D eigenvalue weighted by atomic mass is 9.97. The maximum absolute atomic E-state index is 12.8. The zero-order valence-corrected chi connectivity index (χ0v) is 15.6. The number of hydrogen-bond acceptors (Lipinski definition) is 5. The minimum atomic E-state index is -0.252. The largest absolute Gasteiger partial charge is 0.493 e. The van der Waals surface area contributed by atoms with Crippen molar-refractivity contribution in [2.45, 2.75) is 25.9 Å². The maximum Gasteiger partial charge on any atom is 0.259 e. The van der Waals surface area contributed by atoms with E-state index in [4.69, 9.17) is 18.9 Å². The minimum absolute atomic E-state index is 0.0418. The number of carbonyl (C=O) groups is 1. The minimum Gasteiger partial charge on any atom is -0.493 e. The van der Waals surface area contributed by atoms with Gasteiger partial charge in [-0.1, -0.05) is 19.1 Å². The summed E-state index contributed by atoms with van der Waals surface area (Å²) in [6, 6.07) is 9.01. The van der Waals surface area contributed by atoms with E-state index in [1.807, 2.05) is 19.1 Å². The highest BCUT2D eigenvalue weighted by Crippen LogP contribution is 2.42. The molecule has 0 saturated carbocycles. The maximum atomic E-state index is 12.8. The average molecular weight is 357 g/mol. The van der Waals surface area contributed by atoms with Crippen LogP contribution in [0.1, 0.15) is 35.7 Å². The molecule has 1 N–H and O–H groups in total. The molecule has 0 aliphatic carbocycles. The van der Waals surface area contributed by atoms with Gasteiger partial charge in [-0.15, -0.1) is 0 Å². The van der Waals surface area contributed by atoms with Crippen LogP contribution in [0.2, 0.25) is 0 Å². The van der Waals surface area contributed by atoms with Gasteiger partial charge < -0.3 is 24.3 Å². The number of carbonyl (C=O) groups excluding carboxylic acids is 1. The van der Waals surface area contributed by atoms with Crippen LogP contribution in [0, 0.1) is 0 Å². The molecule has 0 radical (unpaired) electrons. The Morgan fingerprint density at radius 1 is 1.04 bits per heavy atom.